The molecule has 2 heterocycles. The molecule has 1 unspecified atom stereocenters. The number of pyridine rings is 1. The van der Waals surface area contributed by atoms with Gasteiger partial charge in [-0.15, -0.1) is 0 Å². The van der Waals surface area contributed by atoms with Crippen molar-refractivity contribution in [2.75, 3.05) is 5.32 Å². The van der Waals surface area contributed by atoms with Crippen LogP contribution in [0, 0.1) is 0 Å². The van der Waals surface area contributed by atoms with Crippen LogP contribution < -0.4 is 5.32 Å². The number of benzene rings is 1. The molecule has 0 bridgehead atoms. The van der Waals surface area contributed by atoms with Crippen molar-refractivity contribution in [1.29, 1.82) is 0 Å². The van der Waals surface area contributed by atoms with Crippen molar-refractivity contribution in [3.8, 4) is 5.69 Å². The molecule has 100 valence electrons. The van der Waals surface area contributed by atoms with E-state index in [4.69, 9.17) is 0 Å². The van der Waals surface area contributed by atoms with Crippen LogP contribution in [-0.2, 0) is 0 Å². The van der Waals surface area contributed by atoms with Gasteiger partial charge in [0.15, 0.2) is 0 Å². The third-order valence-corrected chi connectivity index (χ3v) is 3.13. The van der Waals surface area contributed by atoms with Gasteiger partial charge in [0.2, 0.25) is 0 Å². The molecule has 1 N–H and O–H groups in total. The second-order valence-corrected chi connectivity index (χ2v) is 4.51. The summed E-state index contributed by atoms with van der Waals surface area (Å²) in [5, 5.41) is 7.67. The number of hydrogen-bond donors (Lipinski definition) is 1. The van der Waals surface area contributed by atoms with Gasteiger partial charge in [-0.3, -0.25) is 4.98 Å². The fourth-order valence-corrected chi connectivity index (χ4v) is 2.08. The minimum absolute atomic E-state index is 0.161. The lowest BCUT2D eigenvalue weighted by Gasteiger charge is -2.17. The van der Waals surface area contributed by atoms with Crippen molar-refractivity contribution in [1.82, 2.24) is 19.7 Å². The first-order valence-electron chi connectivity index (χ1n) is 6.45. The minimum atomic E-state index is 0.161. The van der Waals surface area contributed by atoms with Crippen LogP contribution in [0.1, 0.15) is 18.5 Å². The third kappa shape index (κ3) is 2.51. The first-order valence-corrected chi connectivity index (χ1v) is 6.45. The van der Waals surface area contributed by atoms with Gasteiger partial charge in [-0.05, 0) is 30.7 Å². The van der Waals surface area contributed by atoms with Crippen molar-refractivity contribution in [3.05, 3.63) is 67.0 Å². The summed E-state index contributed by atoms with van der Waals surface area (Å²) in [5.74, 6) is 0. The number of rotatable bonds is 4. The molecular formula is C15H15N5. The molecule has 0 saturated carbocycles. The van der Waals surface area contributed by atoms with Crippen LogP contribution in [0.25, 0.3) is 5.69 Å². The maximum atomic E-state index is 4.18. The fourth-order valence-electron chi connectivity index (χ4n) is 2.08. The van der Waals surface area contributed by atoms with Crippen LogP contribution in [-0.4, -0.2) is 19.7 Å². The fraction of sp³-hybridized carbons (Fsp3) is 0.133. The smallest absolute Gasteiger partial charge is 0.138 e. The van der Waals surface area contributed by atoms with Crippen LogP contribution in [0.4, 0.5) is 5.69 Å². The highest BCUT2D eigenvalue weighted by Gasteiger charge is 2.09. The van der Waals surface area contributed by atoms with Gasteiger partial charge >= 0.3 is 0 Å². The van der Waals surface area contributed by atoms with Crippen LogP contribution >= 0.6 is 0 Å². The Bertz CT molecular complexity index is 664. The molecule has 3 aromatic rings. The van der Waals surface area contributed by atoms with Gasteiger partial charge in [-0.2, -0.15) is 5.10 Å². The highest BCUT2D eigenvalue weighted by atomic mass is 15.3. The average Bonchev–Trinajstić information content (AvgIpc) is 3.03. The van der Waals surface area contributed by atoms with E-state index in [9.17, 15) is 0 Å². The molecule has 0 radical (unpaired) electrons. The summed E-state index contributed by atoms with van der Waals surface area (Å²) in [6.45, 7) is 2.11. The molecule has 20 heavy (non-hydrogen) atoms. The van der Waals surface area contributed by atoms with Crippen molar-refractivity contribution < 1.29 is 0 Å². The molecule has 2 aromatic heterocycles. The number of anilines is 1. The van der Waals surface area contributed by atoms with E-state index in [0.29, 0.717) is 0 Å². The van der Waals surface area contributed by atoms with Gasteiger partial charge in [-0.25, -0.2) is 9.67 Å². The highest BCUT2D eigenvalue weighted by Crippen LogP contribution is 2.24. The molecule has 0 spiro atoms. The van der Waals surface area contributed by atoms with Crippen LogP contribution in [0.3, 0.4) is 0 Å². The number of nitrogens with one attached hydrogen (secondary N) is 1. The Morgan fingerprint density at radius 3 is 2.75 bits per heavy atom. The van der Waals surface area contributed by atoms with E-state index >= 15 is 0 Å². The first-order chi connectivity index (χ1) is 9.84. The summed E-state index contributed by atoms with van der Waals surface area (Å²) in [5.41, 5.74) is 3.12. The Labute approximate surface area is 117 Å². The molecule has 0 aliphatic rings. The highest BCUT2D eigenvalue weighted by molar-refractivity contribution is 5.61. The topological polar surface area (TPSA) is 55.6 Å². The summed E-state index contributed by atoms with van der Waals surface area (Å²) >= 11 is 0. The Balaban J connectivity index is 1.88. The molecule has 3 rings (SSSR count). The maximum Gasteiger partial charge on any atom is 0.138 e. The minimum Gasteiger partial charge on any atom is -0.377 e. The molecule has 0 amide bonds. The number of para-hydroxylation sites is 2. The van der Waals surface area contributed by atoms with E-state index in [1.165, 1.54) is 6.33 Å². The molecule has 0 aliphatic carbocycles. The summed E-state index contributed by atoms with van der Waals surface area (Å²) in [6.07, 6.45) is 6.87. The summed E-state index contributed by atoms with van der Waals surface area (Å²) < 4.78 is 1.75. The molecule has 1 atom stereocenters. The van der Waals surface area contributed by atoms with Crippen molar-refractivity contribution in [2.24, 2.45) is 0 Å². The van der Waals surface area contributed by atoms with Crippen molar-refractivity contribution in [2.45, 2.75) is 13.0 Å². The Morgan fingerprint density at radius 1 is 1.10 bits per heavy atom. The van der Waals surface area contributed by atoms with Gasteiger partial charge < -0.3 is 5.32 Å². The lowest BCUT2D eigenvalue weighted by atomic mass is 10.1. The number of aromatic nitrogens is 4. The summed E-state index contributed by atoms with van der Waals surface area (Å²) in [6, 6.07) is 12.2. The molecular weight excluding hydrogens is 250 g/mol. The molecule has 0 saturated heterocycles. The second-order valence-electron chi connectivity index (χ2n) is 4.51. The van der Waals surface area contributed by atoms with Gasteiger partial charge in [0.25, 0.3) is 0 Å². The maximum absolute atomic E-state index is 4.18. The van der Waals surface area contributed by atoms with Crippen LogP contribution in [0.15, 0.2) is 61.4 Å². The molecule has 5 heteroatoms. The monoisotopic (exact) mass is 265 g/mol. The zero-order valence-corrected chi connectivity index (χ0v) is 11.1. The molecule has 0 aliphatic heterocycles. The van der Waals surface area contributed by atoms with E-state index in [-0.39, 0.29) is 6.04 Å². The average molecular weight is 265 g/mol. The molecule has 5 nitrogen and oxygen atoms in total. The predicted octanol–water partition coefficient (Wildman–Crippen LogP) is 2.84. The first kappa shape index (κ1) is 12.3. The third-order valence-electron chi connectivity index (χ3n) is 3.13. The number of hydrogen-bond acceptors (Lipinski definition) is 4. The Hall–Kier alpha value is -2.69. The van der Waals surface area contributed by atoms with Gasteiger partial charge in [0, 0.05) is 12.4 Å². The predicted molar refractivity (Wildman–Crippen MR) is 77.6 cm³/mol. The summed E-state index contributed by atoms with van der Waals surface area (Å²) in [7, 11) is 0. The second kappa shape index (κ2) is 5.52. The Kier molecular flexibility index (Phi) is 3.41. The zero-order valence-electron chi connectivity index (χ0n) is 11.1. The molecule has 0 fully saturated rings. The number of nitrogens with zero attached hydrogens (tertiary/aromatic N) is 4. The largest absolute Gasteiger partial charge is 0.377 e. The standard InChI is InChI=1S/C15H15N5/c1-12(13-5-4-8-16-9-13)19-14-6-2-3-7-15(14)20-11-17-10-18-20/h2-12,19H,1H3. The summed E-state index contributed by atoms with van der Waals surface area (Å²) in [4.78, 5) is 8.14. The van der Waals surface area contributed by atoms with E-state index in [2.05, 4.69) is 33.4 Å². The van der Waals surface area contributed by atoms with E-state index in [1.54, 1.807) is 17.2 Å². The normalized spacial score (nSPS) is 12.1. The van der Waals surface area contributed by atoms with Crippen molar-refractivity contribution >= 4 is 5.69 Å². The lowest BCUT2D eigenvalue weighted by molar-refractivity contribution is 0.848. The van der Waals surface area contributed by atoms with E-state index in [0.717, 1.165) is 16.9 Å². The van der Waals surface area contributed by atoms with Gasteiger partial charge in [0.05, 0.1) is 17.4 Å². The Morgan fingerprint density at radius 2 is 2.00 bits per heavy atom. The van der Waals surface area contributed by atoms with Gasteiger partial charge in [0.1, 0.15) is 12.7 Å². The zero-order chi connectivity index (χ0) is 13.8. The molecule has 1 aromatic carbocycles. The van der Waals surface area contributed by atoms with Crippen LogP contribution in [0.2, 0.25) is 0 Å². The van der Waals surface area contributed by atoms with E-state index < -0.39 is 0 Å². The van der Waals surface area contributed by atoms with Crippen molar-refractivity contribution in [3.63, 3.8) is 0 Å². The van der Waals surface area contributed by atoms with Crippen LogP contribution in [0.5, 0.6) is 0 Å². The van der Waals surface area contributed by atoms with E-state index in [1.807, 2.05) is 36.5 Å². The van der Waals surface area contributed by atoms with Gasteiger partial charge in [-0.1, -0.05) is 18.2 Å². The quantitative estimate of drug-likeness (QED) is 0.788. The SMILES string of the molecule is CC(Nc1ccccc1-n1cncn1)c1cccnc1. The lowest BCUT2D eigenvalue weighted by Crippen LogP contribution is -2.09.